The summed E-state index contributed by atoms with van der Waals surface area (Å²) in [6.07, 6.45) is 4.26. The van der Waals surface area contributed by atoms with Gasteiger partial charge < -0.3 is 5.32 Å². The van der Waals surface area contributed by atoms with Crippen molar-refractivity contribution in [3.05, 3.63) is 10.6 Å². The Bertz CT molecular complexity index is 558. The van der Waals surface area contributed by atoms with Gasteiger partial charge in [-0.2, -0.15) is 0 Å². The average Bonchev–Trinajstić information content (AvgIpc) is 2.84. The van der Waals surface area contributed by atoms with Crippen molar-refractivity contribution >= 4 is 21.6 Å². The number of aromatic nitrogens is 2. The molecule has 0 aliphatic carbocycles. The van der Waals surface area contributed by atoms with Gasteiger partial charge in [-0.15, -0.1) is 5.10 Å². The van der Waals surface area contributed by atoms with E-state index in [1.54, 1.807) is 4.31 Å². The van der Waals surface area contributed by atoms with E-state index in [0.717, 1.165) is 31.5 Å². The standard InChI is InChI=1S/C13H24N4O2S2/c1-4-14-12(13-10(2)15-16-20-13)8-11-6-5-7-17(9-11)21(3,18)19/h11-12,14H,4-9H2,1-3H3. The van der Waals surface area contributed by atoms with Gasteiger partial charge in [0.25, 0.3) is 0 Å². The van der Waals surface area contributed by atoms with E-state index < -0.39 is 10.0 Å². The molecule has 0 saturated carbocycles. The number of nitrogens with zero attached hydrogens (tertiary/aromatic N) is 3. The van der Waals surface area contributed by atoms with Gasteiger partial charge >= 0.3 is 0 Å². The Hall–Kier alpha value is -0.570. The fourth-order valence-electron chi connectivity index (χ4n) is 2.94. The third kappa shape index (κ3) is 4.45. The van der Waals surface area contributed by atoms with Crippen LogP contribution in [0, 0.1) is 12.8 Å². The van der Waals surface area contributed by atoms with Gasteiger partial charge in [-0.1, -0.05) is 11.4 Å². The third-order valence-corrected chi connectivity index (χ3v) is 6.18. The van der Waals surface area contributed by atoms with E-state index in [0.29, 0.717) is 19.0 Å². The van der Waals surface area contributed by atoms with Crippen molar-refractivity contribution in [1.82, 2.24) is 19.2 Å². The molecular weight excluding hydrogens is 308 g/mol. The Morgan fingerprint density at radius 1 is 1.52 bits per heavy atom. The van der Waals surface area contributed by atoms with Crippen LogP contribution in [0.3, 0.4) is 0 Å². The molecule has 1 N–H and O–H groups in total. The summed E-state index contributed by atoms with van der Waals surface area (Å²) < 4.78 is 29.1. The van der Waals surface area contributed by atoms with Crippen molar-refractivity contribution in [3.63, 3.8) is 0 Å². The number of sulfonamides is 1. The Balaban J connectivity index is 2.05. The number of aryl methyl sites for hydroxylation is 1. The van der Waals surface area contributed by atoms with Gasteiger partial charge in [0.2, 0.25) is 10.0 Å². The summed E-state index contributed by atoms with van der Waals surface area (Å²) in [6.45, 7) is 6.23. The minimum atomic E-state index is -3.08. The topological polar surface area (TPSA) is 75.2 Å². The molecule has 0 bridgehead atoms. The normalized spacial score (nSPS) is 22.3. The summed E-state index contributed by atoms with van der Waals surface area (Å²) in [4.78, 5) is 1.17. The quantitative estimate of drug-likeness (QED) is 0.855. The van der Waals surface area contributed by atoms with Crippen LogP contribution in [0.2, 0.25) is 0 Å². The molecule has 2 heterocycles. The maximum Gasteiger partial charge on any atom is 0.211 e. The lowest BCUT2D eigenvalue weighted by molar-refractivity contribution is 0.239. The second-order valence-electron chi connectivity index (χ2n) is 5.70. The lowest BCUT2D eigenvalue weighted by Crippen LogP contribution is -2.40. The predicted octanol–water partition coefficient (Wildman–Crippen LogP) is 1.56. The minimum Gasteiger partial charge on any atom is -0.309 e. The number of nitrogens with one attached hydrogen (secondary N) is 1. The van der Waals surface area contributed by atoms with Crippen LogP contribution in [0.1, 0.15) is 42.8 Å². The molecule has 0 aromatic carbocycles. The molecule has 1 saturated heterocycles. The number of rotatable bonds is 6. The Morgan fingerprint density at radius 3 is 2.86 bits per heavy atom. The molecule has 8 heteroatoms. The van der Waals surface area contributed by atoms with Crippen molar-refractivity contribution in [2.24, 2.45) is 5.92 Å². The first kappa shape index (κ1) is 16.8. The molecule has 2 rings (SSSR count). The molecule has 0 radical (unpaired) electrons. The van der Waals surface area contributed by atoms with Crippen LogP contribution >= 0.6 is 11.5 Å². The van der Waals surface area contributed by atoms with Crippen LogP contribution in [-0.2, 0) is 10.0 Å². The molecule has 0 amide bonds. The zero-order valence-corrected chi connectivity index (χ0v) is 14.5. The summed E-state index contributed by atoms with van der Waals surface area (Å²) in [5.41, 5.74) is 0.974. The molecular formula is C13H24N4O2S2. The zero-order valence-electron chi connectivity index (χ0n) is 12.9. The number of hydrogen-bond acceptors (Lipinski definition) is 6. The van der Waals surface area contributed by atoms with E-state index in [2.05, 4.69) is 21.8 Å². The summed E-state index contributed by atoms with van der Waals surface area (Å²) in [5, 5.41) is 7.58. The Morgan fingerprint density at radius 2 is 2.29 bits per heavy atom. The SMILES string of the molecule is CCNC(CC1CCCN(S(C)(=O)=O)C1)c1snnc1C. The van der Waals surface area contributed by atoms with E-state index >= 15 is 0 Å². The second kappa shape index (κ2) is 7.13. The van der Waals surface area contributed by atoms with Gasteiger partial charge in [-0.05, 0) is 50.2 Å². The highest BCUT2D eigenvalue weighted by atomic mass is 32.2. The first-order chi connectivity index (χ1) is 9.91. The highest BCUT2D eigenvalue weighted by Gasteiger charge is 2.29. The van der Waals surface area contributed by atoms with Gasteiger partial charge in [-0.3, -0.25) is 0 Å². The third-order valence-electron chi connectivity index (χ3n) is 3.97. The molecule has 0 spiro atoms. The monoisotopic (exact) mass is 332 g/mol. The van der Waals surface area contributed by atoms with Crippen LogP contribution in [0.5, 0.6) is 0 Å². The smallest absolute Gasteiger partial charge is 0.211 e. The lowest BCUT2D eigenvalue weighted by Gasteiger charge is -2.33. The van der Waals surface area contributed by atoms with Crippen LogP contribution in [0.15, 0.2) is 0 Å². The fourth-order valence-corrected chi connectivity index (χ4v) is 4.61. The number of piperidine rings is 1. The highest BCUT2D eigenvalue weighted by Crippen LogP contribution is 2.30. The summed E-state index contributed by atoms with van der Waals surface area (Å²) in [7, 11) is -3.08. The first-order valence-corrected chi connectivity index (χ1v) is 10.0. The molecule has 1 fully saturated rings. The Labute approximate surface area is 131 Å². The lowest BCUT2D eigenvalue weighted by atomic mass is 9.91. The second-order valence-corrected chi connectivity index (χ2v) is 8.47. The van der Waals surface area contributed by atoms with Gasteiger partial charge in [0.05, 0.1) is 16.8 Å². The van der Waals surface area contributed by atoms with Crippen LogP contribution in [0.25, 0.3) is 0 Å². The van der Waals surface area contributed by atoms with Crippen LogP contribution in [0.4, 0.5) is 0 Å². The zero-order chi connectivity index (χ0) is 15.5. The van der Waals surface area contributed by atoms with E-state index in [9.17, 15) is 8.42 Å². The van der Waals surface area contributed by atoms with E-state index in [1.807, 2.05) is 6.92 Å². The van der Waals surface area contributed by atoms with Crippen molar-refractivity contribution in [3.8, 4) is 0 Å². The van der Waals surface area contributed by atoms with Crippen molar-refractivity contribution < 1.29 is 8.42 Å². The fraction of sp³-hybridized carbons (Fsp3) is 0.846. The van der Waals surface area contributed by atoms with Gasteiger partial charge in [0, 0.05) is 19.1 Å². The van der Waals surface area contributed by atoms with Crippen molar-refractivity contribution in [2.75, 3.05) is 25.9 Å². The van der Waals surface area contributed by atoms with Crippen LogP contribution < -0.4 is 5.32 Å². The molecule has 120 valence electrons. The number of hydrogen-bond donors (Lipinski definition) is 1. The molecule has 6 nitrogen and oxygen atoms in total. The average molecular weight is 332 g/mol. The molecule has 2 atom stereocenters. The summed E-state index contributed by atoms with van der Waals surface area (Å²) >= 11 is 1.44. The molecule has 1 aliphatic heterocycles. The maximum absolute atomic E-state index is 11.7. The van der Waals surface area contributed by atoms with Gasteiger partial charge in [0.1, 0.15) is 0 Å². The molecule has 1 aliphatic rings. The summed E-state index contributed by atoms with van der Waals surface area (Å²) in [5.74, 6) is 0.388. The predicted molar refractivity (Wildman–Crippen MR) is 84.8 cm³/mol. The van der Waals surface area contributed by atoms with Crippen molar-refractivity contribution in [1.29, 1.82) is 0 Å². The van der Waals surface area contributed by atoms with Gasteiger partial charge in [-0.25, -0.2) is 12.7 Å². The largest absolute Gasteiger partial charge is 0.309 e. The first-order valence-electron chi connectivity index (χ1n) is 7.39. The van der Waals surface area contributed by atoms with Crippen LogP contribution in [-0.4, -0.2) is 48.2 Å². The van der Waals surface area contributed by atoms with E-state index in [-0.39, 0.29) is 6.04 Å². The minimum absolute atomic E-state index is 0.222. The van der Waals surface area contributed by atoms with E-state index in [1.165, 1.54) is 22.7 Å². The Kier molecular flexibility index (Phi) is 5.70. The molecule has 1 aromatic rings. The molecule has 21 heavy (non-hydrogen) atoms. The molecule has 2 unspecified atom stereocenters. The summed E-state index contributed by atoms with van der Waals surface area (Å²) in [6, 6.07) is 0.222. The highest BCUT2D eigenvalue weighted by molar-refractivity contribution is 7.88. The molecule has 1 aromatic heterocycles. The maximum atomic E-state index is 11.7. The van der Waals surface area contributed by atoms with E-state index in [4.69, 9.17) is 0 Å². The van der Waals surface area contributed by atoms with Crippen molar-refractivity contribution in [2.45, 2.75) is 39.2 Å². The van der Waals surface area contributed by atoms with Gasteiger partial charge in [0.15, 0.2) is 0 Å².